The van der Waals surface area contributed by atoms with Gasteiger partial charge >= 0.3 is 5.97 Å². The number of likely N-dealkylation sites (N-methyl/N-ethyl adjacent to an activating group) is 1. The Kier molecular flexibility index (Phi) is 6.03. The highest BCUT2D eigenvalue weighted by Crippen LogP contribution is 2.25. The second-order valence-corrected chi connectivity index (χ2v) is 5.48. The number of hydrogen-bond acceptors (Lipinski definition) is 6. The molecule has 0 amide bonds. The van der Waals surface area contributed by atoms with Crippen LogP contribution in [-0.4, -0.2) is 76.3 Å². The van der Waals surface area contributed by atoms with Crippen LogP contribution in [0.25, 0.3) is 0 Å². The molecule has 1 N–H and O–H groups in total. The van der Waals surface area contributed by atoms with Crippen LogP contribution in [0.4, 0.5) is 5.69 Å². The van der Waals surface area contributed by atoms with E-state index in [2.05, 4.69) is 22.2 Å². The number of methoxy groups -OCH3 is 2. The number of hydrogen-bond donors (Lipinski definition) is 1. The molecule has 2 rings (SSSR count). The summed E-state index contributed by atoms with van der Waals surface area (Å²) >= 11 is 0. The monoisotopic (exact) mass is 307 g/mol. The van der Waals surface area contributed by atoms with Gasteiger partial charge in [-0.05, 0) is 25.2 Å². The third kappa shape index (κ3) is 4.35. The molecule has 0 bridgehead atoms. The van der Waals surface area contributed by atoms with Crippen LogP contribution < -0.4 is 10.1 Å². The van der Waals surface area contributed by atoms with Crippen molar-refractivity contribution in [2.75, 3.05) is 65.9 Å². The second kappa shape index (κ2) is 8.00. The van der Waals surface area contributed by atoms with E-state index in [0.717, 1.165) is 50.7 Å². The first-order valence-electron chi connectivity index (χ1n) is 7.55. The van der Waals surface area contributed by atoms with Gasteiger partial charge in [0.1, 0.15) is 5.75 Å². The zero-order valence-corrected chi connectivity index (χ0v) is 13.6. The first-order chi connectivity index (χ1) is 10.6. The Morgan fingerprint density at radius 1 is 1.23 bits per heavy atom. The molecule has 0 atom stereocenters. The lowest BCUT2D eigenvalue weighted by Gasteiger charge is -2.32. The topological polar surface area (TPSA) is 54.0 Å². The largest absolute Gasteiger partial charge is 0.495 e. The third-order valence-corrected chi connectivity index (χ3v) is 3.96. The van der Waals surface area contributed by atoms with Gasteiger partial charge in [0.25, 0.3) is 0 Å². The molecule has 0 aromatic heterocycles. The van der Waals surface area contributed by atoms with Gasteiger partial charge in [0, 0.05) is 39.3 Å². The number of nitrogens with zero attached hydrogens (tertiary/aromatic N) is 2. The zero-order valence-electron chi connectivity index (χ0n) is 13.6. The molecule has 1 heterocycles. The Labute approximate surface area is 132 Å². The summed E-state index contributed by atoms with van der Waals surface area (Å²) in [5.41, 5.74) is 1.34. The predicted molar refractivity (Wildman–Crippen MR) is 86.8 cm³/mol. The number of nitrogens with one attached hydrogen (secondary N) is 1. The number of esters is 1. The van der Waals surface area contributed by atoms with Crippen LogP contribution in [0.2, 0.25) is 0 Å². The van der Waals surface area contributed by atoms with Gasteiger partial charge in [0.2, 0.25) is 0 Å². The second-order valence-electron chi connectivity index (χ2n) is 5.48. The zero-order chi connectivity index (χ0) is 15.9. The van der Waals surface area contributed by atoms with Crippen molar-refractivity contribution >= 4 is 11.7 Å². The van der Waals surface area contributed by atoms with Crippen molar-refractivity contribution < 1.29 is 14.3 Å². The van der Waals surface area contributed by atoms with E-state index >= 15 is 0 Å². The number of piperazine rings is 1. The summed E-state index contributed by atoms with van der Waals surface area (Å²) in [7, 11) is 5.16. The van der Waals surface area contributed by atoms with Gasteiger partial charge in [-0.1, -0.05) is 0 Å². The Morgan fingerprint density at radius 2 is 1.95 bits per heavy atom. The maximum absolute atomic E-state index is 11.6. The molecule has 6 nitrogen and oxygen atoms in total. The number of carbonyl (C=O) groups excluding carboxylic acids is 1. The molecule has 22 heavy (non-hydrogen) atoms. The SMILES string of the molecule is COC(=O)c1ccc(OC)c(NCCN2CCN(C)CC2)c1. The van der Waals surface area contributed by atoms with E-state index in [0.29, 0.717) is 5.56 Å². The van der Waals surface area contributed by atoms with Crippen molar-refractivity contribution in [3.8, 4) is 5.75 Å². The highest BCUT2D eigenvalue weighted by molar-refractivity contribution is 5.91. The van der Waals surface area contributed by atoms with Crippen molar-refractivity contribution in [3.05, 3.63) is 23.8 Å². The van der Waals surface area contributed by atoms with Crippen molar-refractivity contribution in [2.24, 2.45) is 0 Å². The van der Waals surface area contributed by atoms with E-state index in [4.69, 9.17) is 9.47 Å². The van der Waals surface area contributed by atoms with Gasteiger partial charge in [-0.25, -0.2) is 4.79 Å². The summed E-state index contributed by atoms with van der Waals surface area (Å²) < 4.78 is 10.1. The molecule has 0 spiro atoms. The van der Waals surface area contributed by atoms with Crippen LogP contribution in [0.3, 0.4) is 0 Å². The molecule has 1 aromatic rings. The number of rotatable bonds is 6. The average molecular weight is 307 g/mol. The summed E-state index contributed by atoms with van der Waals surface area (Å²) in [4.78, 5) is 16.4. The van der Waals surface area contributed by atoms with Gasteiger partial charge in [-0.3, -0.25) is 4.90 Å². The standard InChI is InChI=1S/C16H25N3O3/c1-18-8-10-19(11-9-18)7-6-17-14-12-13(16(20)22-3)4-5-15(14)21-2/h4-5,12,17H,6-11H2,1-3H3. The van der Waals surface area contributed by atoms with E-state index in [1.807, 2.05) is 0 Å². The molecule has 1 aromatic carbocycles. The van der Waals surface area contributed by atoms with Crippen LogP contribution in [0.15, 0.2) is 18.2 Å². The molecule has 1 aliphatic rings. The molecule has 1 fully saturated rings. The summed E-state index contributed by atoms with van der Waals surface area (Å²) in [6.45, 7) is 6.20. The van der Waals surface area contributed by atoms with E-state index in [9.17, 15) is 4.79 Å². The number of carbonyl (C=O) groups is 1. The molecule has 6 heteroatoms. The highest BCUT2D eigenvalue weighted by Gasteiger charge is 2.14. The predicted octanol–water partition coefficient (Wildman–Crippen LogP) is 1.14. The van der Waals surface area contributed by atoms with Gasteiger partial charge in [0.15, 0.2) is 0 Å². The molecule has 0 saturated carbocycles. The van der Waals surface area contributed by atoms with Gasteiger partial charge < -0.3 is 19.7 Å². The minimum Gasteiger partial charge on any atom is -0.495 e. The molecule has 1 saturated heterocycles. The molecule has 1 aliphatic heterocycles. The Balaban J connectivity index is 1.91. The maximum atomic E-state index is 11.6. The van der Waals surface area contributed by atoms with Crippen LogP contribution in [-0.2, 0) is 4.74 Å². The quantitative estimate of drug-likeness (QED) is 0.796. The average Bonchev–Trinajstić information content (AvgIpc) is 2.55. The third-order valence-electron chi connectivity index (χ3n) is 3.96. The van der Waals surface area contributed by atoms with Crippen LogP contribution in [0, 0.1) is 0 Å². The van der Waals surface area contributed by atoms with Gasteiger partial charge in [-0.2, -0.15) is 0 Å². The lowest BCUT2D eigenvalue weighted by atomic mass is 10.2. The molecule has 0 unspecified atom stereocenters. The summed E-state index contributed by atoms with van der Waals surface area (Å²) in [6, 6.07) is 5.26. The minimum atomic E-state index is -0.343. The van der Waals surface area contributed by atoms with Crippen LogP contribution in [0.5, 0.6) is 5.75 Å². The number of ether oxygens (including phenoxy) is 2. The van der Waals surface area contributed by atoms with E-state index in [-0.39, 0.29) is 5.97 Å². The normalized spacial score (nSPS) is 16.3. The fraction of sp³-hybridized carbons (Fsp3) is 0.562. The van der Waals surface area contributed by atoms with Crippen molar-refractivity contribution in [3.63, 3.8) is 0 Å². The maximum Gasteiger partial charge on any atom is 0.337 e. The van der Waals surface area contributed by atoms with Crippen LogP contribution >= 0.6 is 0 Å². The first kappa shape index (κ1) is 16.6. The lowest BCUT2D eigenvalue weighted by molar-refractivity contribution is 0.0601. The molecule has 0 aliphatic carbocycles. The van der Waals surface area contributed by atoms with Crippen molar-refractivity contribution in [1.82, 2.24) is 9.80 Å². The highest BCUT2D eigenvalue weighted by atomic mass is 16.5. The van der Waals surface area contributed by atoms with Gasteiger partial charge in [-0.15, -0.1) is 0 Å². The van der Waals surface area contributed by atoms with Crippen molar-refractivity contribution in [2.45, 2.75) is 0 Å². The Hall–Kier alpha value is -1.79. The number of anilines is 1. The van der Waals surface area contributed by atoms with Crippen molar-refractivity contribution in [1.29, 1.82) is 0 Å². The molecular formula is C16H25N3O3. The fourth-order valence-corrected chi connectivity index (χ4v) is 2.51. The summed E-state index contributed by atoms with van der Waals surface area (Å²) in [5.74, 6) is 0.385. The summed E-state index contributed by atoms with van der Waals surface area (Å²) in [6.07, 6.45) is 0. The Morgan fingerprint density at radius 3 is 2.59 bits per heavy atom. The van der Waals surface area contributed by atoms with Gasteiger partial charge in [0.05, 0.1) is 25.5 Å². The van der Waals surface area contributed by atoms with E-state index < -0.39 is 0 Å². The Bertz CT molecular complexity index is 499. The number of benzene rings is 1. The lowest BCUT2D eigenvalue weighted by Crippen LogP contribution is -2.45. The molecule has 122 valence electrons. The minimum absolute atomic E-state index is 0.343. The summed E-state index contributed by atoms with van der Waals surface area (Å²) in [5, 5.41) is 3.35. The van der Waals surface area contributed by atoms with Crippen LogP contribution in [0.1, 0.15) is 10.4 Å². The molecule has 0 radical (unpaired) electrons. The van der Waals surface area contributed by atoms with E-state index in [1.54, 1.807) is 25.3 Å². The first-order valence-corrected chi connectivity index (χ1v) is 7.55. The smallest absolute Gasteiger partial charge is 0.337 e. The van der Waals surface area contributed by atoms with E-state index in [1.165, 1.54) is 7.11 Å². The molecular weight excluding hydrogens is 282 g/mol. The fourth-order valence-electron chi connectivity index (χ4n) is 2.51.